The molecule has 0 aliphatic rings. The third-order valence-corrected chi connectivity index (χ3v) is 5.66. The van der Waals surface area contributed by atoms with Crippen molar-refractivity contribution in [1.82, 2.24) is 9.78 Å². The molecule has 3 aromatic rings. The Morgan fingerprint density at radius 1 is 0.892 bits per heavy atom. The van der Waals surface area contributed by atoms with Crippen LogP contribution in [0.3, 0.4) is 0 Å². The van der Waals surface area contributed by atoms with Crippen LogP contribution in [0, 0.1) is 13.8 Å². The number of hydrogen-bond donors (Lipinski definition) is 1. The van der Waals surface area contributed by atoms with Crippen LogP contribution in [0.15, 0.2) is 65.5 Å². The third-order valence-electron chi connectivity index (χ3n) is 5.66. The van der Waals surface area contributed by atoms with Crippen molar-refractivity contribution in [2.75, 3.05) is 13.2 Å². The first-order valence-corrected chi connectivity index (χ1v) is 12.9. The van der Waals surface area contributed by atoms with Gasteiger partial charge in [0.05, 0.1) is 25.3 Å². The number of carbonyl (C=O) groups excluding carboxylic acids is 2. The van der Waals surface area contributed by atoms with Gasteiger partial charge in [-0.2, -0.15) is 5.10 Å². The van der Waals surface area contributed by atoms with E-state index in [4.69, 9.17) is 10.5 Å². The van der Waals surface area contributed by atoms with Gasteiger partial charge in [-0.05, 0) is 62.9 Å². The molecule has 198 valence electrons. The Morgan fingerprint density at radius 2 is 1.62 bits per heavy atom. The lowest BCUT2D eigenvalue weighted by atomic mass is 10.0. The van der Waals surface area contributed by atoms with Gasteiger partial charge in [-0.1, -0.05) is 60.5 Å². The van der Waals surface area contributed by atoms with Crippen LogP contribution in [0.2, 0.25) is 0 Å². The molecule has 1 heterocycles. The monoisotopic (exact) mass is 505 g/mol. The van der Waals surface area contributed by atoms with Crippen molar-refractivity contribution >= 4 is 11.8 Å². The normalized spacial score (nSPS) is 10.4. The summed E-state index contributed by atoms with van der Waals surface area (Å²) in [7, 11) is 0. The van der Waals surface area contributed by atoms with Crippen molar-refractivity contribution in [3.8, 4) is 0 Å². The second-order valence-corrected chi connectivity index (χ2v) is 9.07. The number of ether oxygens (including phenoxy) is 1. The molecule has 0 amide bonds. The van der Waals surface area contributed by atoms with Gasteiger partial charge in [-0.15, -0.1) is 0 Å². The lowest BCUT2D eigenvalue weighted by Crippen LogP contribution is -2.23. The zero-order valence-corrected chi connectivity index (χ0v) is 22.2. The molecule has 37 heavy (non-hydrogen) atoms. The molecule has 7 heteroatoms. The first-order valence-electron chi connectivity index (χ1n) is 12.9. The number of benzene rings is 2. The number of nitrogens with two attached hydrogens (primary N) is 1. The molecule has 0 saturated carbocycles. The highest BCUT2D eigenvalue weighted by Gasteiger charge is 2.06. The second kappa shape index (κ2) is 16.2. The fourth-order valence-corrected chi connectivity index (χ4v) is 3.72. The molecule has 2 aromatic carbocycles. The number of nitrogens with zero attached hydrogens (tertiary/aromatic N) is 2. The number of carbonyl (C=O) groups is 2. The van der Waals surface area contributed by atoms with Gasteiger partial charge in [0.2, 0.25) is 0 Å². The van der Waals surface area contributed by atoms with E-state index in [-0.39, 0.29) is 17.9 Å². The number of aryl methyl sites for hydroxylation is 2. The van der Waals surface area contributed by atoms with Crippen LogP contribution in [0.4, 0.5) is 0 Å². The maximum absolute atomic E-state index is 11.7. The predicted octanol–water partition coefficient (Wildman–Crippen LogP) is 4.33. The number of aromatic nitrogens is 2. The molecule has 0 bridgehead atoms. The largest absolute Gasteiger partial charge is 0.466 e. The summed E-state index contributed by atoms with van der Waals surface area (Å²) in [6.45, 7) is 7.17. The number of unbranched alkanes of at least 4 members (excludes halogenated alkanes) is 2. The molecule has 0 aliphatic carbocycles. The van der Waals surface area contributed by atoms with Crippen molar-refractivity contribution in [2.24, 2.45) is 5.73 Å². The van der Waals surface area contributed by atoms with Gasteiger partial charge in [0.1, 0.15) is 5.78 Å². The zero-order chi connectivity index (χ0) is 27.0. The first-order chi connectivity index (χ1) is 17.8. The Balaban J connectivity index is 0.000000271. The van der Waals surface area contributed by atoms with Crippen LogP contribution >= 0.6 is 0 Å². The molecule has 2 N–H and O–H groups in total. The van der Waals surface area contributed by atoms with E-state index >= 15 is 0 Å². The minimum atomic E-state index is -0.250. The van der Waals surface area contributed by atoms with Gasteiger partial charge in [0.15, 0.2) is 0 Å². The highest BCUT2D eigenvalue weighted by molar-refractivity contribution is 5.80. The summed E-state index contributed by atoms with van der Waals surface area (Å²) in [5.74, 6) is 0.0846. The third kappa shape index (κ3) is 11.8. The summed E-state index contributed by atoms with van der Waals surface area (Å²) in [5.41, 5.74) is 10.2. The molecular formula is C30H39N3O4. The van der Waals surface area contributed by atoms with Crippen LogP contribution in [0.5, 0.6) is 0 Å². The van der Waals surface area contributed by atoms with Gasteiger partial charge >= 0.3 is 5.97 Å². The van der Waals surface area contributed by atoms with Crippen LogP contribution < -0.4 is 11.3 Å². The number of hydrogen-bond acceptors (Lipinski definition) is 6. The Hall–Kier alpha value is -3.58. The van der Waals surface area contributed by atoms with E-state index < -0.39 is 0 Å². The number of Topliss-reactive ketones (excluding diaryl/α,β-unsaturated/α-hetero) is 1. The summed E-state index contributed by atoms with van der Waals surface area (Å²) in [4.78, 5) is 34.9. The lowest BCUT2D eigenvalue weighted by Gasteiger charge is -2.07. The molecule has 0 fully saturated rings. The van der Waals surface area contributed by atoms with E-state index in [1.807, 2.05) is 43.3 Å². The second-order valence-electron chi connectivity index (χ2n) is 9.07. The zero-order valence-electron chi connectivity index (χ0n) is 22.2. The minimum absolute atomic E-state index is 0.142. The van der Waals surface area contributed by atoms with Crippen LogP contribution in [-0.4, -0.2) is 34.7 Å². The highest BCUT2D eigenvalue weighted by Crippen LogP contribution is 2.09. The SMILES string of the molecule is CCOC(=O)Cc1cccc(Cn2nc(C)ccc2=O)c1.Cc1ccc(CC(=O)CCCCCN)cc1. The molecule has 0 unspecified atom stereocenters. The number of ketones is 1. The molecular weight excluding hydrogens is 466 g/mol. The molecule has 1 aromatic heterocycles. The summed E-state index contributed by atoms with van der Waals surface area (Å²) in [5, 5.41) is 4.20. The maximum atomic E-state index is 11.7. The van der Waals surface area contributed by atoms with E-state index in [1.165, 1.54) is 16.3 Å². The molecule has 0 saturated heterocycles. The fourth-order valence-electron chi connectivity index (χ4n) is 3.72. The molecule has 0 atom stereocenters. The van der Waals surface area contributed by atoms with E-state index in [9.17, 15) is 14.4 Å². The van der Waals surface area contributed by atoms with Gasteiger partial charge < -0.3 is 10.5 Å². The average Bonchev–Trinajstić information content (AvgIpc) is 2.86. The standard InChI is InChI=1S/C16H18N2O3.C14H21NO/c1-3-21-16(20)10-13-5-4-6-14(9-13)11-18-15(19)8-7-12(2)17-18;1-12-6-8-13(9-7-12)11-14(16)5-3-2-4-10-15/h4-9H,3,10-11H2,1-2H3;6-9H,2-5,10-11,15H2,1H3. The summed E-state index contributed by atoms with van der Waals surface area (Å²) in [6.07, 6.45) is 4.56. The van der Waals surface area contributed by atoms with E-state index in [1.54, 1.807) is 13.0 Å². The van der Waals surface area contributed by atoms with Crippen LogP contribution in [-0.2, 0) is 33.7 Å². The Kier molecular flexibility index (Phi) is 13.0. The Labute approximate surface area is 219 Å². The smallest absolute Gasteiger partial charge is 0.310 e. The maximum Gasteiger partial charge on any atom is 0.310 e. The van der Waals surface area contributed by atoms with Crippen molar-refractivity contribution in [1.29, 1.82) is 0 Å². The van der Waals surface area contributed by atoms with Crippen molar-refractivity contribution in [3.63, 3.8) is 0 Å². The number of esters is 1. The average molecular weight is 506 g/mol. The van der Waals surface area contributed by atoms with Gasteiger partial charge in [-0.3, -0.25) is 14.4 Å². The van der Waals surface area contributed by atoms with Gasteiger partial charge in [-0.25, -0.2) is 4.68 Å². The van der Waals surface area contributed by atoms with E-state index in [0.717, 1.165) is 48.2 Å². The van der Waals surface area contributed by atoms with Crippen molar-refractivity contribution < 1.29 is 14.3 Å². The van der Waals surface area contributed by atoms with Gasteiger partial charge in [0.25, 0.3) is 5.56 Å². The van der Waals surface area contributed by atoms with Crippen molar-refractivity contribution in [2.45, 2.75) is 65.8 Å². The minimum Gasteiger partial charge on any atom is -0.466 e. The predicted molar refractivity (Wildman–Crippen MR) is 147 cm³/mol. The lowest BCUT2D eigenvalue weighted by molar-refractivity contribution is -0.142. The van der Waals surface area contributed by atoms with Gasteiger partial charge in [0, 0.05) is 18.9 Å². The van der Waals surface area contributed by atoms with Crippen LogP contribution in [0.25, 0.3) is 0 Å². The van der Waals surface area contributed by atoms with Crippen LogP contribution in [0.1, 0.15) is 60.6 Å². The summed E-state index contributed by atoms with van der Waals surface area (Å²) >= 11 is 0. The molecule has 0 aliphatic heterocycles. The van der Waals surface area contributed by atoms with Crippen molar-refractivity contribution in [3.05, 3.63) is 99.0 Å². The molecule has 0 radical (unpaired) electrons. The first kappa shape index (κ1) is 29.6. The van der Waals surface area contributed by atoms with E-state index in [0.29, 0.717) is 31.8 Å². The molecule has 7 nitrogen and oxygen atoms in total. The highest BCUT2D eigenvalue weighted by atomic mass is 16.5. The Morgan fingerprint density at radius 3 is 2.32 bits per heavy atom. The summed E-state index contributed by atoms with van der Waals surface area (Å²) < 4.78 is 6.35. The summed E-state index contributed by atoms with van der Waals surface area (Å²) in [6, 6.07) is 18.9. The number of rotatable bonds is 12. The van der Waals surface area contributed by atoms with E-state index in [2.05, 4.69) is 24.2 Å². The Bertz CT molecular complexity index is 1190. The quantitative estimate of drug-likeness (QED) is 0.290. The fraction of sp³-hybridized carbons (Fsp3) is 0.400. The molecule has 3 rings (SSSR count). The topological polar surface area (TPSA) is 104 Å². The molecule has 0 spiro atoms.